The Balaban J connectivity index is 1.78. The molecular weight excluding hydrogens is 386 g/mol. The normalized spacial score (nSPS) is 12.8. The molecular formula is C20H15F4N5. The van der Waals surface area contributed by atoms with E-state index in [9.17, 15) is 17.6 Å². The minimum Gasteiger partial charge on any atom is -0.363 e. The number of benzene rings is 2. The maximum Gasteiger partial charge on any atom is 0.433 e. The first-order chi connectivity index (χ1) is 13.9. The van der Waals surface area contributed by atoms with Crippen molar-refractivity contribution < 1.29 is 17.6 Å². The quantitative estimate of drug-likeness (QED) is 0.494. The molecule has 4 aromatic rings. The first-order valence-corrected chi connectivity index (χ1v) is 8.74. The lowest BCUT2D eigenvalue weighted by molar-refractivity contribution is -0.141. The lowest BCUT2D eigenvalue weighted by atomic mass is 9.98. The lowest BCUT2D eigenvalue weighted by Crippen LogP contribution is -2.19. The van der Waals surface area contributed by atoms with Crippen molar-refractivity contribution in [2.24, 2.45) is 0 Å². The van der Waals surface area contributed by atoms with Crippen molar-refractivity contribution in [1.82, 2.24) is 19.6 Å². The van der Waals surface area contributed by atoms with E-state index in [0.717, 1.165) is 22.5 Å². The highest BCUT2D eigenvalue weighted by Crippen LogP contribution is 2.31. The summed E-state index contributed by atoms with van der Waals surface area (Å²) in [6.45, 7) is 0. The van der Waals surface area contributed by atoms with E-state index in [4.69, 9.17) is 0 Å². The van der Waals surface area contributed by atoms with Gasteiger partial charge in [-0.3, -0.25) is 0 Å². The van der Waals surface area contributed by atoms with Crippen molar-refractivity contribution in [1.29, 1.82) is 0 Å². The van der Waals surface area contributed by atoms with Gasteiger partial charge < -0.3 is 5.32 Å². The number of nitrogens with zero attached hydrogens (tertiary/aromatic N) is 4. The largest absolute Gasteiger partial charge is 0.433 e. The van der Waals surface area contributed by atoms with Crippen LogP contribution in [-0.4, -0.2) is 19.6 Å². The van der Waals surface area contributed by atoms with Crippen LogP contribution in [0.25, 0.3) is 5.78 Å². The van der Waals surface area contributed by atoms with Crippen LogP contribution >= 0.6 is 0 Å². The molecule has 9 heteroatoms. The second-order valence-electron chi connectivity index (χ2n) is 6.40. The number of hydrogen-bond donors (Lipinski definition) is 1. The van der Waals surface area contributed by atoms with Crippen molar-refractivity contribution in [2.45, 2.75) is 18.6 Å². The minimum absolute atomic E-state index is 0.0176. The summed E-state index contributed by atoms with van der Waals surface area (Å²) < 4.78 is 55.5. The maximum atomic E-state index is 14.5. The van der Waals surface area contributed by atoms with Crippen LogP contribution in [-0.2, 0) is 12.6 Å². The molecule has 0 aliphatic carbocycles. The summed E-state index contributed by atoms with van der Waals surface area (Å²) in [5.74, 6) is -0.640. The lowest BCUT2D eigenvalue weighted by Gasteiger charge is -2.22. The van der Waals surface area contributed by atoms with E-state index in [2.05, 4.69) is 20.4 Å². The number of anilines is 1. The van der Waals surface area contributed by atoms with Crippen LogP contribution in [0.1, 0.15) is 22.9 Å². The van der Waals surface area contributed by atoms with Crippen molar-refractivity contribution in [3.8, 4) is 0 Å². The van der Waals surface area contributed by atoms with Crippen molar-refractivity contribution in [3.05, 3.63) is 89.6 Å². The molecule has 0 radical (unpaired) electrons. The number of nitrogens with one attached hydrogen (secondary N) is 1. The maximum absolute atomic E-state index is 14.5. The molecule has 2 aromatic carbocycles. The van der Waals surface area contributed by atoms with Crippen molar-refractivity contribution >= 4 is 11.6 Å². The third kappa shape index (κ3) is 4.03. The smallest absolute Gasteiger partial charge is 0.363 e. The van der Waals surface area contributed by atoms with Crippen LogP contribution in [0.15, 0.2) is 67.0 Å². The Morgan fingerprint density at radius 1 is 1.00 bits per heavy atom. The minimum atomic E-state index is -4.66. The van der Waals surface area contributed by atoms with E-state index in [0.29, 0.717) is 12.0 Å². The second-order valence-corrected chi connectivity index (χ2v) is 6.40. The molecule has 0 fully saturated rings. The van der Waals surface area contributed by atoms with Gasteiger partial charge in [-0.15, -0.1) is 0 Å². The first kappa shape index (κ1) is 18.9. The fourth-order valence-electron chi connectivity index (χ4n) is 3.09. The molecule has 4 rings (SSSR count). The fourth-order valence-corrected chi connectivity index (χ4v) is 3.09. The molecule has 29 heavy (non-hydrogen) atoms. The molecule has 1 unspecified atom stereocenters. The van der Waals surface area contributed by atoms with Crippen LogP contribution in [0.2, 0.25) is 0 Å². The summed E-state index contributed by atoms with van der Waals surface area (Å²) in [4.78, 5) is 7.26. The number of hydrogen-bond acceptors (Lipinski definition) is 4. The number of rotatable bonds is 5. The second kappa shape index (κ2) is 7.50. The van der Waals surface area contributed by atoms with Crippen LogP contribution in [0.4, 0.5) is 23.4 Å². The summed E-state index contributed by atoms with van der Waals surface area (Å²) in [7, 11) is 0. The van der Waals surface area contributed by atoms with Gasteiger partial charge in [-0.25, -0.2) is 9.37 Å². The number of halogens is 4. The van der Waals surface area contributed by atoms with Gasteiger partial charge in [-0.1, -0.05) is 48.5 Å². The summed E-state index contributed by atoms with van der Waals surface area (Å²) in [6.07, 6.45) is -3.19. The molecule has 0 spiro atoms. The molecule has 148 valence electrons. The molecule has 1 atom stereocenters. The monoisotopic (exact) mass is 401 g/mol. The van der Waals surface area contributed by atoms with Crippen LogP contribution in [0.3, 0.4) is 0 Å². The summed E-state index contributed by atoms with van der Waals surface area (Å²) in [5.41, 5.74) is 0.121. The zero-order valence-electron chi connectivity index (χ0n) is 14.9. The molecule has 2 aromatic heterocycles. The molecule has 0 aliphatic heterocycles. The molecule has 5 nitrogen and oxygen atoms in total. The standard InChI is InChI=1S/C20H15F4N5/c21-15-9-5-4-8-14(15)16(10-13-6-2-1-3-7-13)27-18-11-17(20(22,23)24)28-19-25-12-26-29(18)19/h1-9,11-12,16,27H,10H2. The molecule has 0 bridgehead atoms. The molecule has 0 aliphatic rings. The SMILES string of the molecule is Fc1ccccc1C(Cc1ccccc1)Nc1cc(C(F)(F)F)nc2ncnn12. The molecule has 0 saturated carbocycles. The van der Waals surface area contributed by atoms with Gasteiger partial charge in [0.1, 0.15) is 18.0 Å². The van der Waals surface area contributed by atoms with E-state index in [1.165, 1.54) is 6.07 Å². The van der Waals surface area contributed by atoms with E-state index in [1.807, 2.05) is 30.3 Å². The number of aromatic nitrogens is 4. The Hall–Kier alpha value is -3.49. The average Bonchev–Trinajstić information content (AvgIpc) is 3.17. The molecule has 0 saturated heterocycles. The summed E-state index contributed by atoms with van der Waals surface area (Å²) in [5, 5.41) is 6.94. The Morgan fingerprint density at radius 2 is 1.72 bits per heavy atom. The third-order valence-electron chi connectivity index (χ3n) is 4.43. The Labute approximate surface area is 163 Å². The molecule has 0 amide bonds. The van der Waals surface area contributed by atoms with Gasteiger partial charge in [0, 0.05) is 11.6 Å². The van der Waals surface area contributed by atoms with E-state index in [1.54, 1.807) is 18.2 Å². The summed E-state index contributed by atoms with van der Waals surface area (Å²) in [6, 6.07) is 15.6. The average molecular weight is 401 g/mol. The van der Waals surface area contributed by atoms with E-state index < -0.39 is 23.7 Å². The Morgan fingerprint density at radius 3 is 2.45 bits per heavy atom. The van der Waals surface area contributed by atoms with Gasteiger partial charge >= 0.3 is 6.18 Å². The predicted octanol–water partition coefficient (Wildman–Crippen LogP) is 4.68. The first-order valence-electron chi connectivity index (χ1n) is 8.74. The number of fused-ring (bicyclic) bond motifs is 1. The van der Waals surface area contributed by atoms with Crippen LogP contribution in [0.5, 0.6) is 0 Å². The van der Waals surface area contributed by atoms with Crippen LogP contribution < -0.4 is 5.32 Å². The van der Waals surface area contributed by atoms with Gasteiger partial charge in [-0.2, -0.15) is 27.8 Å². The fraction of sp³-hybridized carbons (Fsp3) is 0.150. The topological polar surface area (TPSA) is 55.1 Å². The van der Waals surface area contributed by atoms with Gasteiger partial charge in [0.05, 0.1) is 6.04 Å². The third-order valence-corrected chi connectivity index (χ3v) is 4.43. The van der Waals surface area contributed by atoms with Gasteiger partial charge in [0.2, 0.25) is 0 Å². The highest BCUT2D eigenvalue weighted by molar-refractivity contribution is 5.48. The zero-order chi connectivity index (χ0) is 20.4. The predicted molar refractivity (Wildman–Crippen MR) is 98.7 cm³/mol. The van der Waals surface area contributed by atoms with E-state index >= 15 is 0 Å². The van der Waals surface area contributed by atoms with Gasteiger partial charge in [-0.05, 0) is 18.1 Å². The number of alkyl halides is 3. The highest BCUT2D eigenvalue weighted by Gasteiger charge is 2.34. The van der Waals surface area contributed by atoms with Crippen molar-refractivity contribution in [3.63, 3.8) is 0 Å². The Bertz CT molecular complexity index is 1120. The van der Waals surface area contributed by atoms with Gasteiger partial charge in [0.15, 0.2) is 5.69 Å². The van der Waals surface area contributed by atoms with Crippen molar-refractivity contribution in [2.75, 3.05) is 5.32 Å². The molecule has 2 heterocycles. The Kier molecular flexibility index (Phi) is 4.87. The van der Waals surface area contributed by atoms with Gasteiger partial charge in [0.25, 0.3) is 5.78 Å². The van der Waals surface area contributed by atoms with Crippen LogP contribution in [0, 0.1) is 5.82 Å². The summed E-state index contributed by atoms with van der Waals surface area (Å²) >= 11 is 0. The molecule has 1 N–H and O–H groups in total. The van der Waals surface area contributed by atoms with E-state index in [-0.39, 0.29) is 11.6 Å². The highest BCUT2D eigenvalue weighted by atomic mass is 19.4. The zero-order valence-corrected chi connectivity index (χ0v) is 14.9.